The molecule has 0 aliphatic heterocycles. The summed E-state index contributed by atoms with van der Waals surface area (Å²) in [7, 11) is 0. The Balaban J connectivity index is 1.71. The van der Waals surface area contributed by atoms with Gasteiger partial charge in [-0.15, -0.1) is 0 Å². The van der Waals surface area contributed by atoms with E-state index in [-0.39, 0.29) is 0 Å². The van der Waals surface area contributed by atoms with E-state index in [0.29, 0.717) is 43.6 Å². The van der Waals surface area contributed by atoms with Crippen LogP contribution >= 0.6 is 34.5 Å². The van der Waals surface area contributed by atoms with E-state index in [4.69, 9.17) is 28.5 Å². The average Bonchev–Trinajstić information content (AvgIpc) is 3.08. The SMILES string of the molecule is Cc1nc(Nc2ccc(C#N)cc2)c2nc(Nc3c(Cl)cccc3Cl)sc2n1. The fourth-order valence-corrected chi connectivity index (χ4v) is 3.94. The van der Waals surface area contributed by atoms with Gasteiger partial charge in [-0.3, -0.25) is 0 Å². The van der Waals surface area contributed by atoms with Crippen LogP contribution in [0.15, 0.2) is 42.5 Å². The van der Waals surface area contributed by atoms with Crippen LogP contribution in [0.1, 0.15) is 11.4 Å². The predicted octanol–water partition coefficient (Wildman–Crippen LogP) is 6.06. The summed E-state index contributed by atoms with van der Waals surface area (Å²) in [5, 5.41) is 17.0. The number of anilines is 4. The molecule has 0 atom stereocenters. The van der Waals surface area contributed by atoms with Crippen molar-refractivity contribution in [2.45, 2.75) is 6.92 Å². The third-order valence-electron chi connectivity index (χ3n) is 3.84. The lowest BCUT2D eigenvalue weighted by Gasteiger charge is -2.07. The number of nitrogens with one attached hydrogen (secondary N) is 2. The first-order chi connectivity index (χ1) is 13.5. The topological polar surface area (TPSA) is 86.5 Å². The Hall–Kier alpha value is -2.92. The number of halogens is 2. The maximum absolute atomic E-state index is 8.93. The van der Waals surface area contributed by atoms with E-state index in [1.165, 1.54) is 11.3 Å². The number of hydrogen-bond acceptors (Lipinski definition) is 7. The van der Waals surface area contributed by atoms with Crippen molar-refractivity contribution in [3.8, 4) is 6.07 Å². The zero-order valence-electron chi connectivity index (χ0n) is 14.5. The maximum Gasteiger partial charge on any atom is 0.190 e. The molecule has 28 heavy (non-hydrogen) atoms. The first-order valence-electron chi connectivity index (χ1n) is 8.17. The minimum Gasteiger partial charge on any atom is -0.338 e. The Morgan fingerprint density at radius 3 is 2.36 bits per heavy atom. The van der Waals surface area contributed by atoms with Crippen LogP contribution in [0.4, 0.5) is 22.3 Å². The molecule has 0 saturated carbocycles. The van der Waals surface area contributed by atoms with Crippen molar-refractivity contribution in [3.05, 3.63) is 63.9 Å². The second-order valence-electron chi connectivity index (χ2n) is 5.83. The van der Waals surface area contributed by atoms with Gasteiger partial charge in [0, 0.05) is 5.69 Å². The predicted molar refractivity (Wildman–Crippen MR) is 114 cm³/mol. The summed E-state index contributed by atoms with van der Waals surface area (Å²) in [6.45, 7) is 1.82. The minimum atomic E-state index is 0.505. The molecule has 2 N–H and O–H groups in total. The lowest BCUT2D eigenvalue weighted by atomic mass is 10.2. The van der Waals surface area contributed by atoms with Crippen molar-refractivity contribution in [2.75, 3.05) is 10.6 Å². The molecule has 138 valence electrons. The number of thiazole rings is 1. The quantitative estimate of drug-likeness (QED) is 0.412. The van der Waals surface area contributed by atoms with Crippen LogP contribution in [0.2, 0.25) is 10.0 Å². The second-order valence-corrected chi connectivity index (χ2v) is 7.62. The highest BCUT2D eigenvalue weighted by Crippen LogP contribution is 2.36. The van der Waals surface area contributed by atoms with Crippen molar-refractivity contribution in [2.24, 2.45) is 0 Å². The first kappa shape index (κ1) is 18.4. The van der Waals surface area contributed by atoms with Crippen LogP contribution in [0, 0.1) is 18.3 Å². The van der Waals surface area contributed by atoms with Crippen LogP contribution in [-0.4, -0.2) is 15.0 Å². The van der Waals surface area contributed by atoms with Crippen molar-refractivity contribution in [3.63, 3.8) is 0 Å². The number of fused-ring (bicyclic) bond motifs is 1. The summed E-state index contributed by atoms with van der Waals surface area (Å²) >= 11 is 13.8. The summed E-state index contributed by atoms with van der Waals surface area (Å²) < 4.78 is 0. The number of para-hydroxylation sites is 1. The van der Waals surface area contributed by atoms with Gasteiger partial charge in [-0.25, -0.2) is 15.0 Å². The molecular weight excluding hydrogens is 415 g/mol. The fourth-order valence-electron chi connectivity index (χ4n) is 2.56. The Morgan fingerprint density at radius 1 is 0.964 bits per heavy atom. The summed E-state index contributed by atoms with van der Waals surface area (Å²) in [6, 6.07) is 14.5. The van der Waals surface area contributed by atoms with Crippen molar-refractivity contribution in [1.29, 1.82) is 5.26 Å². The number of nitriles is 1. The van der Waals surface area contributed by atoms with Crippen LogP contribution in [-0.2, 0) is 0 Å². The first-order valence-corrected chi connectivity index (χ1v) is 9.74. The molecule has 9 heteroatoms. The number of aryl methyl sites for hydroxylation is 1. The van der Waals surface area contributed by atoms with Crippen LogP contribution in [0.25, 0.3) is 10.3 Å². The summed E-state index contributed by atoms with van der Waals surface area (Å²) in [5.74, 6) is 1.20. The van der Waals surface area contributed by atoms with Gasteiger partial charge in [-0.2, -0.15) is 5.26 Å². The highest BCUT2D eigenvalue weighted by molar-refractivity contribution is 7.21. The van der Waals surface area contributed by atoms with Gasteiger partial charge < -0.3 is 10.6 Å². The molecule has 6 nitrogen and oxygen atoms in total. The Kier molecular flexibility index (Phi) is 5.01. The van der Waals surface area contributed by atoms with Gasteiger partial charge in [0.2, 0.25) is 0 Å². The minimum absolute atomic E-state index is 0.505. The largest absolute Gasteiger partial charge is 0.338 e. The van der Waals surface area contributed by atoms with E-state index in [1.807, 2.05) is 19.1 Å². The molecule has 2 aromatic heterocycles. The van der Waals surface area contributed by atoms with E-state index in [9.17, 15) is 0 Å². The normalized spacial score (nSPS) is 10.6. The molecule has 0 amide bonds. The second kappa shape index (κ2) is 7.60. The third kappa shape index (κ3) is 3.71. The number of hydrogen-bond donors (Lipinski definition) is 2. The molecule has 2 aromatic carbocycles. The monoisotopic (exact) mass is 426 g/mol. The molecule has 2 heterocycles. The Bertz CT molecular complexity index is 1190. The van der Waals surface area contributed by atoms with Gasteiger partial charge in [-0.1, -0.05) is 40.6 Å². The summed E-state index contributed by atoms with van der Waals surface area (Å²) in [5.41, 5.74) is 2.61. The van der Waals surface area contributed by atoms with Crippen LogP contribution in [0.5, 0.6) is 0 Å². The van der Waals surface area contributed by atoms with Crippen LogP contribution in [0.3, 0.4) is 0 Å². The molecule has 4 rings (SSSR count). The highest BCUT2D eigenvalue weighted by atomic mass is 35.5. The van der Waals surface area contributed by atoms with E-state index in [1.54, 1.807) is 30.3 Å². The van der Waals surface area contributed by atoms with Gasteiger partial charge in [-0.05, 0) is 43.3 Å². The van der Waals surface area contributed by atoms with Crippen molar-refractivity contribution < 1.29 is 0 Å². The zero-order chi connectivity index (χ0) is 19.7. The van der Waals surface area contributed by atoms with E-state index in [0.717, 1.165) is 10.5 Å². The fraction of sp³-hybridized carbons (Fsp3) is 0.0526. The molecule has 0 bridgehead atoms. The third-order valence-corrected chi connectivity index (χ3v) is 5.34. The molecule has 0 fully saturated rings. The maximum atomic E-state index is 8.93. The van der Waals surface area contributed by atoms with Gasteiger partial charge in [0.15, 0.2) is 15.8 Å². The standard InChI is InChI=1S/C19H12Cl2N6S/c1-10-23-17(25-12-7-5-11(9-22)6-8-12)16-18(24-10)28-19(27-16)26-15-13(20)3-2-4-14(15)21/h2-8H,1H3,(H,26,27)(H,23,24,25). The summed E-state index contributed by atoms with van der Waals surface area (Å²) in [4.78, 5) is 14.3. The van der Waals surface area contributed by atoms with E-state index < -0.39 is 0 Å². The highest BCUT2D eigenvalue weighted by Gasteiger charge is 2.15. The smallest absolute Gasteiger partial charge is 0.190 e. The lowest BCUT2D eigenvalue weighted by Crippen LogP contribution is -1.98. The Labute approximate surface area is 174 Å². The Morgan fingerprint density at radius 2 is 1.68 bits per heavy atom. The zero-order valence-corrected chi connectivity index (χ0v) is 16.8. The van der Waals surface area contributed by atoms with Crippen molar-refractivity contribution >= 4 is 67.2 Å². The molecule has 0 aliphatic carbocycles. The average molecular weight is 427 g/mol. The van der Waals surface area contributed by atoms with E-state index in [2.05, 4.69) is 31.7 Å². The number of aromatic nitrogens is 3. The molecule has 4 aromatic rings. The molecule has 0 saturated heterocycles. The molecular formula is C19H12Cl2N6S. The summed E-state index contributed by atoms with van der Waals surface area (Å²) in [6.07, 6.45) is 0. The lowest BCUT2D eigenvalue weighted by molar-refractivity contribution is 1.09. The molecule has 0 aliphatic rings. The number of nitrogens with zero attached hydrogens (tertiary/aromatic N) is 4. The molecule has 0 spiro atoms. The van der Waals surface area contributed by atoms with Gasteiger partial charge >= 0.3 is 0 Å². The molecule has 0 unspecified atom stereocenters. The molecule has 0 radical (unpaired) electrons. The number of rotatable bonds is 4. The van der Waals surface area contributed by atoms with Crippen LogP contribution < -0.4 is 10.6 Å². The van der Waals surface area contributed by atoms with Gasteiger partial charge in [0.25, 0.3) is 0 Å². The van der Waals surface area contributed by atoms with E-state index >= 15 is 0 Å². The van der Waals surface area contributed by atoms with Gasteiger partial charge in [0.1, 0.15) is 11.3 Å². The van der Waals surface area contributed by atoms with Crippen molar-refractivity contribution in [1.82, 2.24) is 15.0 Å². The van der Waals surface area contributed by atoms with Gasteiger partial charge in [0.05, 0.1) is 27.4 Å². The number of benzene rings is 2.